The van der Waals surface area contributed by atoms with E-state index in [1.54, 1.807) is 17.9 Å². The number of benzene rings is 2. The molecule has 248 valence electrons. The Labute approximate surface area is 273 Å². The molecule has 46 heavy (non-hydrogen) atoms. The molecule has 1 fully saturated rings. The maximum absolute atomic E-state index is 14.4. The fourth-order valence-electron chi connectivity index (χ4n) is 5.75. The predicted octanol–water partition coefficient (Wildman–Crippen LogP) is 3.74. The minimum atomic E-state index is -3.43. The third kappa shape index (κ3) is 8.43. The zero-order valence-corrected chi connectivity index (χ0v) is 27.6. The number of halogens is 3. The Kier molecular flexibility index (Phi) is 11.1. The van der Waals surface area contributed by atoms with Gasteiger partial charge in [-0.1, -0.05) is 30.3 Å². The first kappa shape index (κ1) is 34.9. The number of carbonyl (C=O) groups is 3. The molecule has 2 aromatic carbocycles. The number of carbonyl (C=O) groups excluding carboxylic acids is 3. The number of piperidine rings is 1. The zero-order chi connectivity index (χ0) is 33.8. The lowest BCUT2D eigenvalue weighted by atomic mass is 10.0. The second-order valence-electron chi connectivity index (χ2n) is 11.7. The van der Waals surface area contributed by atoms with Crippen molar-refractivity contribution in [3.8, 4) is 0 Å². The van der Waals surface area contributed by atoms with Crippen molar-refractivity contribution in [1.82, 2.24) is 19.6 Å². The van der Waals surface area contributed by atoms with E-state index in [1.807, 2.05) is 0 Å². The van der Waals surface area contributed by atoms with E-state index in [2.05, 4.69) is 16.8 Å². The normalized spacial score (nSPS) is 16.7. The highest BCUT2D eigenvalue weighted by molar-refractivity contribution is 7.90. The van der Waals surface area contributed by atoms with E-state index >= 15 is 0 Å². The first-order chi connectivity index (χ1) is 21.7. The van der Waals surface area contributed by atoms with Crippen molar-refractivity contribution in [2.45, 2.75) is 38.3 Å². The molecule has 2 aliphatic rings. The van der Waals surface area contributed by atoms with Gasteiger partial charge in [0, 0.05) is 62.5 Å². The third-order valence-corrected chi connectivity index (χ3v) is 9.79. The van der Waals surface area contributed by atoms with Gasteiger partial charge in [-0.15, -0.1) is 0 Å². The molecule has 10 nitrogen and oxygen atoms in total. The molecule has 0 radical (unpaired) electrons. The summed E-state index contributed by atoms with van der Waals surface area (Å²) in [5.41, 5.74) is 1.49. The zero-order valence-electron chi connectivity index (χ0n) is 26.0. The van der Waals surface area contributed by atoms with Crippen molar-refractivity contribution in [3.63, 3.8) is 0 Å². The van der Waals surface area contributed by atoms with E-state index in [4.69, 9.17) is 11.6 Å². The second-order valence-corrected chi connectivity index (χ2v) is 14.3. The van der Waals surface area contributed by atoms with Crippen LogP contribution in [0.15, 0.2) is 55.0 Å². The van der Waals surface area contributed by atoms with Gasteiger partial charge in [0.25, 0.3) is 5.91 Å². The Hall–Kier alpha value is -3.97. The summed E-state index contributed by atoms with van der Waals surface area (Å²) in [6, 6.07) is 7.83. The van der Waals surface area contributed by atoms with Crippen LogP contribution >= 0.6 is 11.6 Å². The molecule has 2 heterocycles. The molecular weight excluding hydrogens is 640 g/mol. The van der Waals surface area contributed by atoms with E-state index in [-0.39, 0.29) is 46.2 Å². The maximum atomic E-state index is 14.4. The molecular formula is C32H38ClF2N5O5S. The summed E-state index contributed by atoms with van der Waals surface area (Å²) in [6.07, 6.45) is 4.49. The molecule has 1 atom stereocenters. The number of nitrogens with zero attached hydrogens (tertiary/aromatic N) is 4. The molecule has 3 amide bonds. The summed E-state index contributed by atoms with van der Waals surface area (Å²) in [5.74, 6) is -1.77. The fraction of sp³-hybridized carbons (Fsp3) is 0.406. The summed E-state index contributed by atoms with van der Waals surface area (Å²) in [5, 5.41) is 2.92. The van der Waals surface area contributed by atoms with Gasteiger partial charge in [0.1, 0.15) is 28.0 Å². The van der Waals surface area contributed by atoms with E-state index < -0.39 is 27.6 Å². The molecule has 14 heteroatoms. The number of rotatable bonds is 10. The highest BCUT2D eigenvalue weighted by Crippen LogP contribution is 2.30. The van der Waals surface area contributed by atoms with Crippen LogP contribution in [0.5, 0.6) is 0 Å². The number of likely N-dealkylation sites (tertiary alicyclic amines) is 1. The molecule has 0 spiro atoms. The molecule has 0 bridgehead atoms. The summed E-state index contributed by atoms with van der Waals surface area (Å²) >= 11 is 6.21. The molecule has 4 rings (SSSR count). The number of hydrogen-bond donors (Lipinski definition) is 1. The summed E-state index contributed by atoms with van der Waals surface area (Å²) in [4.78, 5) is 45.0. The average molecular weight is 678 g/mol. The second kappa shape index (κ2) is 14.6. The molecule has 0 aliphatic carbocycles. The molecule has 0 unspecified atom stereocenters. The third-order valence-electron chi connectivity index (χ3n) is 8.32. The molecule has 1 N–H and O–H groups in total. The summed E-state index contributed by atoms with van der Waals surface area (Å²) in [6.45, 7) is 6.80. The van der Waals surface area contributed by atoms with Gasteiger partial charge >= 0.3 is 0 Å². The predicted molar refractivity (Wildman–Crippen MR) is 173 cm³/mol. The number of fused-ring (bicyclic) bond motifs is 1. The van der Waals surface area contributed by atoms with Crippen LogP contribution in [0.4, 0.5) is 14.5 Å². The van der Waals surface area contributed by atoms with Crippen molar-refractivity contribution >= 4 is 50.9 Å². The van der Waals surface area contributed by atoms with Gasteiger partial charge in [0.2, 0.25) is 12.3 Å². The van der Waals surface area contributed by atoms with E-state index in [0.29, 0.717) is 51.1 Å². The topological polar surface area (TPSA) is 110 Å². The van der Waals surface area contributed by atoms with E-state index in [0.717, 1.165) is 34.7 Å². The highest BCUT2D eigenvalue weighted by Gasteiger charge is 2.31. The van der Waals surface area contributed by atoms with Gasteiger partial charge in [-0.2, -0.15) is 0 Å². The quantitative estimate of drug-likeness (QED) is 0.302. The van der Waals surface area contributed by atoms with Crippen LogP contribution in [0.2, 0.25) is 5.02 Å². The van der Waals surface area contributed by atoms with Gasteiger partial charge in [0.05, 0.1) is 22.2 Å². The number of hydrogen-bond acceptors (Lipinski definition) is 7. The van der Waals surface area contributed by atoms with Crippen LogP contribution in [0.3, 0.4) is 0 Å². The first-order valence-electron chi connectivity index (χ1n) is 14.8. The number of sulfone groups is 1. The Balaban J connectivity index is 1.46. The fourth-order valence-corrected chi connectivity index (χ4v) is 7.08. The lowest BCUT2D eigenvalue weighted by Gasteiger charge is -2.40. The van der Waals surface area contributed by atoms with Crippen LogP contribution in [0.25, 0.3) is 5.57 Å². The standard InChI is InChI=1S/C32H38ClF2N5O5S/c1-21(19-46(4,44)45)37(3)32(43)27(26-6-5-7-28(35)31(26)33)17-38(20-41)18-30(42)39-13-11-25(12-14-39)40-15-10-23-16-24(34)8-9-29(23)36-22(40)2/h5-9,16-17,20-21,25,36H,2,10-15,18-19H2,1,3-4H3/b27-17-/t21-/m1/s1. The van der Waals surface area contributed by atoms with Crippen LogP contribution in [0, 0.1) is 11.6 Å². The van der Waals surface area contributed by atoms with Gasteiger partial charge < -0.3 is 24.9 Å². The molecule has 2 aliphatic heterocycles. The summed E-state index contributed by atoms with van der Waals surface area (Å²) < 4.78 is 51.9. The van der Waals surface area contributed by atoms with Crippen molar-refractivity contribution in [2.24, 2.45) is 0 Å². The molecule has 1 saturated heterocycles. The number of nitrogens with one attached hydrogen (secondary N) is 1. The van der Waals surface area contributed by atoms with Gasteiger partial charge in [0.15, 0.2) is 0 Å². The minimum absolute atomic E-state index is 0.0126. The molecule has 2 aromatic rings. The van der Waals surface area contributed by atoms with Crippen molar-refractivity contribution in [2.75, 3.05) is 50.6 Å². The van der Waals surface area contributed by atoms with Crippen LogP contribution in [-0.4, -0.2) is 104 Å². The van der Waals surface area contributed by atoms with E-state index in [1.165, 1.54) is 36.2 Å². The maximum Gasteiger partial charge on any atom is 0.256 e. The Bertz CT molecular complexity index is 1650. The lowest BCUT2D eigenvalue weighted by molar-refractivity contribution is -0.135. The average Bonchev–Trinajstić information content (AvgIpc) is 3.16. The number of amides is 3. The van der Waals surface area contributed by atoms with E-state index in [9.17, 15) is 31.6 Å². The Morgan fingerprint density at radius 2 is 1.87 bits per heavy atom. The van der Waals surface area contributed by atoms with Gasteiger partial charge in [-0.05, 0) is 56.0 Å². The highest BCUT2D eigenvalue weighted by atomic mass is 35.5. The molecule has 0 aromatic heterocycles. The van der Waals surface area contributed by atoms with Crippen molar-refractivity contribution in [3.05, 3.63) is 82.8 Å². The van der Waals surface area contributed by atoms with Crippen LogP contribution in [0.1, 0.15) is 30.9 Å². The van der Waals surface area contributed by atoms with Crippen molar-refractivity contribution in [1.29, 1.82) is 0 Å². The first-order valence-corrected chi connectivity index (χ1v) is 17.2. The monoisotopic (exact) mass is 677 g/mol. The largest absolute Gasteiger partial charge is 0.355 e. The van der Waals surface area contributed by atoms with Gasteiger partial charge in [-0.25, -0.2) is 17.2 Å². The number of anilines is 1. The van der Waals surface area contributed by atoms with Gasteiger partial charge in [-0.3, -0.25) is 14.4 Å². The SMILES string of the molecule is C=C1Nc2ccc(F)cc2CCN1C1CCN(C(=O)CN(C=O)/C=C(\C(=O)N(C)[C@H](C)CS(C)(=O)=O)c2cccc(F)c2Cl)CC1. The van der Waals surface area contributed by atoms with Crippen molar-refractivity contribution < 1.29 is 31.6 Å². The smallest absolute Gasteiger partial charge is 0.256 e. The lowest BCUT2D eigenvalue weighted by Crippen LogP contribution is -2.49. The number of likely N-dealkylation sites (N-methyl/N-ethyl adjacent to an activating group) is 1. The Morgan fingerprint density at radius 1 is 1.17 bits per heavy atom. The van der Waals surface area contributed by atoms with Crippen LogP contribution in [-0.2, 0) is 30.6 Å². The minimum Gasteiger partial charge on any atom is -0.355 e. The molecule has 0 saturated carbocycles. The van der Waals surface area contributed by atoms with Crippen LogP contribution < -0.4 is 5.32 Å². The Morgan fingerprint density at radius 3 is 2.52 bits per heavy atom. The summed E-state index contributed by atoms with van der Waals surface area (Å²) in [7, 11) is -2.04.